The van der Waals surface area contributed by atoms with Crippen molar-refractivity contribution in [2.75, 3.05) is 13.7 Å². The fourth-order valence-electron chi connectivity index (χ4n) is 3.36. The van der Waals surface area contributed by atoms with E-state index in [-0.39, 0.29) is 29.6 Å². The number of thioether (sulfide) groups is 1. The SMILES string of the molecule is CO[C@@H](C)C(=O)N1N=C(c2cc(F)ccc2F)SC1(CCONC(=N)NC(C)=O)c1ccccc1. The number of halogens is 2. The first-order valence-corrected chi connectivity index (χ1v) is 11.4. The molecule has 12 heteroatoms. The molecule has 3 rings (SSSR count). The minimum Gasteiger partial charge on any atom is -0.372 e. The van der Waals surface area contributed by atoms with Gasteiger partial charge in [0.25, 0.3) is 5.91 Å². The highest BCUT2D eigenvalue weighted by Crippen LogP contribution is 2.50. The third-order valence-electron chi connectivity index (χ3n) is 5.11. The monoisotopic (exact) mass is 505 g/mol. The Hall–Kier alpha value is -3.35. The number of guanidine groups is 1. The second-order valence-electron chi connectivity index (χ2n) is 7.57. The lowest BCUT2D eigenvalue weighted by atomic mass is 10.0. The number of amides is 2. The third kappa shape index (κ3) is 6.02. The molecule has 0 aromatic heterocycles. The molecular weight excluding hydrogens is 480 g/mol. The normalized spacial score (nSPS) is 18.1. The van der Waals surface area contributed by atoms with Gasteiger partial charge in [-0.2, -0.15) is 5.10 Å². The van der Waals surface area contributed by atoms with Gasteiger partial charge in [0.05, 0.1) is 6.61 Å². The molecular formula is C23H25F2N5O4S. The second kappa shape index (κ2) is 11.4. The minimum atomic E-state index is -1.20. The number of ether oxygens (including phenoxy) is 1. The van der Waals surface area contributed by atoms with Gasteiger partial charge in [-0.3, -0.25) is 25.2 Å². The van der Waals surface area contributed by atoms with E-state index in [9.17, 15) is 18.4 Å². The zero-order valence-electron chi connectivity index (χ0n) is 19.3. The van der Waals surface area contributed by atoms with Crippen molar-refractivity contribution in [1.82, 2.24) is 15.8 Å². The average molecular weight is 506 g/mol. The molecule has 0 saturated heterocycles. The van der Waals surface area contributed by atoms with Gasteiger partial charge in [-0.05, 0) is 30.7 Å². The van der Waals surface area contributed by atoms with Crippen LogP contribution in [0.15, 0.2) is 53.6 Å². The van der Waals surface area contributed by atoms with Crippen LogP contribution >= 0.6 is 11.8 Å². The van der Waals surface area contributed by atoms with E-state index < -0.39 is 34.4 Å². The summed E-state index contributed by atoms with van der Waals surface area (Å²) in [7, 11) is 1.38. The van der Waals surface area contributed by atoms with Crippen LogP contribution in [0.2, 0.25) is 0 Å². The maximum atomic E-state index is 14.6. The summed E-state index contributed by atoms with van der Waals surface area (Å²) in [5, 5.41) is 15.6. The van der Waals surface area contributed by atoms with Crippen LogP contribution < -0.4 is 10.8 Å². The molecule has 0 radical (unpaired) electrons. The van der Waals surface area contributed by atoms with Crippen LogP contribution in [0.4, 0.5) is 8.78 Å². The lowest BCUT2D eigenvalue weighted by molar-refractivity contribution is -0.145. The van der Waals surface area contributed by atoms with Crippen molar-refractivity contribution in [3.05, 3.63) is 71.3 Å². The Morgan fingerprint density at radius 1 is 1.23 bits per heavy atom. The van der Waals surface area contributed by atoms with Crippen LogP contribution in [-0.2, 0) is 24.0 Å². The Morgan fingerprint density at radius 3 is 2.60 bits per heavy atom. The topological polar surface area (TPSA) is 116 Å². The van der Waals surface area contributed by atoms with Gasteiger partial charge in [0.1, 0.15) is 27.7 Å². The van der Waals surface area contributed by atoms with E-state index in [1.807, 2.05) is 6.07 Å². The summed E-state index contributed by atoms with van der Waals surface area (Å²) >= 11 is 1.08. The number of hydroxylamine groups is 1. The molecule has 2 aromatic rings. The van der Waals surface area contributed by atoms with Crippen molar-refractivity contribution < 1.29 is 27.9 Å². The van der Waals surface area contributed by atoms with E-state index >= 15 is 0 Å². The summed E-state index contributed by atoms with van der Waals surface area (Å²) in [6, 6.07) is 12.0. The average Bonchev–Trinajstić information content (AvgIpc) is 3.23. The van der Waals surface area contributed by atoms with Gasteiger partial charge >= 0.3 is 0 Å². The zero-order valence-corrected chi connectivity index (χ0v) is 20.1. The van der Waals surface area contributed by atoms with E-state index in [0.717, 1.165) is 30.0 Å². The van der Waals surface area contributed by atoms with E-state index in [4.69, 9.17) is 15.0 Å². The van der Waals surface area contributed by atoms with Gasteiger partial charge in [-0.15, -0.1) is 0 Å². The Bertz CT molecular complexity index is 1130. The maximum absolute atomic E-state index is 14.6. The Morgan fingerprint density at radius 2 is 1.94 bits per heavy atom. The summed E-state index contributed by atoms with van der Waals surface area (Å²) in [5.41, 5.74) is 2.89. The molecule has 2 atom stereocenters. The predicted octanol–water partition coefficient (Wildman–Crippen LogP) is 3.07. The first-order chi connectivity index (χ1) is 16.7. The standard InChI is InChI=1S/C23H25F2N5O4S/c1-14(33-3)21(32)30-23(16-7-5-4-6-8-16,11-12-34-29-22(26)27-15(2)31)35-20(28-30)18-13-17(24)9-10-19(18)25/h4-10,13-14H,11-12H2,1-3H3,(H3,26,27,29,31)/t14-,23?/m0/s1. The molecule has 3 N–H and O–H groups in total. The first kappa shape index (κ1) is 26.3. The second-order valence-corrected chi connectivity index (χ2v) is 8.83. The smallest absolute Gasteiger partial charge is 0.273 e. The van der Waals surface area contributed by atoms with E-state index in [0.29, 0.717) is 5.56 Å². The minimum absolute atomic E-state index is 0.0383. The number of carbonyl (C=O) groups is 2. The molecule has 1 aliphatic heterocycles. The number of hydrogen-bond donors (Lipinski definition) is 3. The molecule has 1 aliphatic rings. The fraction of sp³-hybridized carbons (Fsp3) is 0.304. The Labute approximate surface area is 205 Å². The van der Waals surface area contributed by atoms with Crippen LogP contribution in [0.3, 0.4) is 0 Å². The molecule has 0 bridgehead atoms. The van der Waals surface area contributed by atoms with E-state index in [1.54, 1.807) is 31.2 Å². The molecule has 0 aliphatic carbocycles. The highest BCUT2D eigenvalue weighted by molar-refractivity contribution is 8.15. The summed E-state index contributed by atoms with van der Waals surface area (Å²) in [6.45, 7) is 2.77. The molecule has 0 saturated carbocycles. The van der Waals surface area contributed by atoms with Crippen molar-refractivity contribution in [3.8, 4) is 0 Å². The van der Waals surface area contributed by atoms with Crippen molar-refractivity contribution in [2.45, 2.75) is 31.2 Å². The van der Waals surface area contributed by atoms with Crippen LogP contribution in [0.25, 0.3) is 0 Å². The van der Waals surface area contributed by atoms with Crippen molar-refractivity contribution in [1.29, 1.82) is 5.41 Å². The highest BCUT2D eigenvalue weighted by Gasteiger charge is 2.49. The molecule has 0 fully saturated rings. The number of hydrogen-bond acceptors (Lipinski definition) is 7. The Balaban J connectivity index is 1.99. The lowest BCUT2D eigenvalue weighted by Gasteiger charge is -2.36. The molecule has 9 nitrogen and oxygen atoms in total. The quantitative estimate of drug-likeness (QED) is 0.220. The van der Waals surface area contributed by atoms with Crippen LogP contribution in [0, 0.1) is 17.0 Å². The molecule has 2 amide bonds. The van der Waals surface area contributed by atoms with Gasteiger partial charge in [0.15, 0.2) is 0 Å². The summed E-state index contributed by atoms with van der Waals surface area (Å²) in [4.78, 5) is 28.6. The number of nitrogens with zero attached hydrogens (tertiary/aromatic N) is 2. The molecule has 2 aromatic carbocycles. The number of methoxy groups -OCH3 is 1. The number of benzene rings is 2. The number of carbonyl (C=O) groups excluding carboxylic acids is 2. The van der Waals surface area contributed by atoms with Crippen molar-refractivity contribution in [3.63, 3.8) is 0 Å². The van der Waals surface area contributed by atoms with Crippen LogP contribution in [0.1, 0.15) is 31.4 Å². The summed E-state index contributed by atoms with van der Waals surface area (Å²) in [5.74, 6) is -2.62. The molecule has 1 heterocycles. The van der Waals surface area contributed by atoms with Crippen LogP contribution in [0.5, 0.6) is 0 Å². The van der Waals surface area contributed by atoms with Gasteiger partial charge in [0, 0.05) is 26.0 Å². The van der Waals surface area contributed by atoms with Crippen molar-refractivity contribution >= 4 is 34.6 Å². The predicted molar refractivity (Wildman–Crippen MR) is 127 cm³/mol. The largest absolute Gasteiger partial charge is 0.372 e. The van der Waals surface area contributed by atoms with Crippen LogP contribution in [-0.4, -0.2) is 47.6 Å². The van der Waals surface area contributed by atoms with Gasteiger partial charge < -0.3 is 4.74 Å². The Kier molecular flexibility index (Phi) is 8.54. The number of rotatable bonds is 8. The first-order valence-electron chi connectivity index (χ1n) is 10.6. The fourth-order valence-corrected chi connectivity index (χ4v) is 4.73. The summed E-state index contributed by atoms with van der Waals surface area (Å²) < 4.78 is 33.8. The third-order valence-corrected chi connectivity index (χ3v) is 6.56. The highest BCUT2D eigenvalue weighted by atomic mass is 32.2. The molecule has 0 spiro atoms. The van der Waals surface area contributed by atoms with Gasteiger partial charge in [0.2, 0.25) is 11.9 Å². The van der Waals surface area contributed by atoms with Crippen molar-refractivity contribution in [2.24, 2.45) is 5.10 Å². The van der Waals surface area contributed by atoms with Gasteiger partial charge in [-0.25, -0.2) is 19.3 Å². The lowest BCUT2D eigenvalue weighted by Crippen LogP contribution is -2.47. The maximum Gasteiger partial charge on any atom is 0.273 e. The molecule has 186 valence electrons. The van der Waals surface area contributed by atoms with Gasteiger partial charge in [-0.1, -0.05) is 42.1 Å². The number of hydrazone groups is 1. The zero-order chi connectivity index (χ0) is 25.6. The number of nitrogens with one attached hydrogen (secondary N) is 3. The van der Waals surface area contributed by atoms with E-state index in [1.165, 1.54) is 19.0 Å². The van der Waals surface area contributed by atoms with E-state index in [2.05, 4.69) is 15.9 Å². The summed E-state index contributed by atoms with van der Waals surface area (Å²) in [6.07, 6.45) is -0.736. The molecule has 1 unspecified atom stereocenters. The molecule has 35 heavy (non-hydrogen) atoms.